The van der Waals surface area contributed by atoms with Crippen molar-refractivity contribution >= 4 is 11.9 Å². The summed E-state index contributed by atoms with van der Waals surface area (Å²) >= 11 is 0. The van der Waals surface area contributed by atoms with Gasteiger partial charge in [-0.3, -0.25) is 9.59 Å². The molecule has 0 radical (unpaired) electrons. The fourth-order valence-electron chi connectivity index (χ4n) is 2.45. The van der Waals surface area contributed by atoms with Crippen LogP contribution in [0.3, 0.4) is 0 Å². The first-order valence-electron chi connectivity index (χ1n) is 6.78. The highest BCUT2D eigenvalue weighted by molar-refractivity contribution is 5.79. The Kier molecular flexibility index (Phi) is 6.32. The highest BCUT2D eigenvalue weighted by Crippen LogP contribution is 2.33. The van der Waals surface area contributed by atoms with E-state index in [0.29, 0.717) is 25.8 Å². The fourth-order valence-corrected chi connectivity index (χ4v) is 2.45. The van der Waals surface area contributed by atoms with Crippen LogP contribution in [0.4, 0.5) is 8.78 Å². The number of amides is 1. The number of hydrogen-bond donors (Lipinski definition) is 1. The first-order chi connectivity index (χ1) is 9.41. The van der Waals surface area contributed by atoms with Crippen LogP contribution in [0.1, 0.15) is 32.6 Å². The van der Waals surface area contributed by atoms with Crippen molar-refractivity contribution in [3.8, 4) is 0 Å². The standard InChI is InChI=1S/C13H21F2NO4/c1-2-13(12(18)19)5-3-6-16(9-13)11(17)4-7-20-8-10(14)15/h10H,2-9H2,1H3,(H,18,19). The minimum absolute atomic E-state index is 0.00608. The van der Waals surface area contributed by atoms with Gasteiger partial charge in [-0.15, -0.1) is 0 Å². The van der Waals surface area contributed by atoms with E-state index in [4.69, 9.17) is 0 Å². The van der Waals surface area contributed by atoms with Gasteiger partial charge in [0, 0.05) is 13.1 Å². The lowest BCUT2D eigenvalue weighted by Crippen LogP contribution is -2.49. The number of nitrogens with zero attached hydrogens (tertiary/aromatic N) is 1. The van der Waals surface area contributed by atoms with E-state index in [0.717, 1.165) is 0 Å². The van der Waals surface area contributed by atoms with E-state index >= 15 is 0 Å². The van der Waals surface area contributed by atoms with Gasteiger partial charge in [-0.1, -0.05) is 6.92 Å². The molecule has 20 heavy (non-hydrogen) atoms. The lowest BCUT2D eigenvalue weighted by molar-refractivity contribution is -0.155. The molecule has 1 saturated heterocycles. The second-order valence-electron chi connectivity index (χ2n) is 5.07. The number of ether oxygens (including phenoxy) is 1. The molecule has 1 aliphatic rings. The zero-order chi connectivity index (χ0) is 15.2. The molecule has 0 spiro atoms. The van der Waals surface area contributed by atoms with Gasteiger partial charge in [-0.05, 0) is 19.3 Å². The van der Waals surface area contributed by atoms with Crippen LogP contribution in [0.15, 0.2) is 0 Å². The number of piperidine rings is 1. The minimum atomic E-state index is -2.54. The summed E-state index contributed by atoms with van der Waals surface area (Å²) in [6.45, 7) is 1.76. The van der Waals surface area contributed by atoms with E-state index in [9.17, 15) is 23.5 Å². The summed E-state index contributed by atoms with van der Waals surface area (Å²) in [6, 6.07) is 0. The van der Waals surface area contributed by atoms with Crippen LogP contribution in [0.2, 0.25) is 0 Å². The molecule has 7 heteroatoms. The molecular weight excluding hydrogens is 272 g/mol. The van der Waals surface area contributed by atoms with Gasteiger partial charge in [-0.25, -0.2) is 8.78 Å². The SMILES string of the molecule is CCC1(C(=O)O)CCCN(C(=O)CCOCC(F)F)C1. The molecule has 1 N–H and O–H groups in total. The zero-order valence-corrected chi connectivity index (χ0v) is 11.6. The van der Waals surface area contributed by atoms with Crippen LogP contribution in [0.5, 0.6) is 0 Å². The number of aliphatic carboxylic acids is 1. The molecule has 0 aromatic heterocycles. The summed E-state index contributed by atoms with van der Waals surface area (Å²) in [7, 11) is 0. The largest absolute Gasteiger partial charge is 0.481 e. The molecule has 0 bridgehead atoms. The van der Waals surface area contributed by atoms with Crippen molar-refractivity contribution in [1.29, 1.82) is 0 Å². The topological polar surface area (TPSA) is 66.8 Å². The van der Waals surface area contributed by atoms with Gasteiger partial charge in [-0.2, -0.15) is 0 Å². The Morgan fingerprint density at radius 3 is 2.70 bits per heavy atom. The van der Waals surface area contributed by atoms with E-state index in [1.54, 1.807) is 6.92 Å². The van der Waals surface area contributed by atoms with Crippen molar-refractivity contribution in [3.63, 3.8) is 0 Å². The van der Waals surface area contributed by atoms with E-state index in [2.05, 4.69) is 4.74 Å². The van der Waals surface area contributed by atoms with Crippen LogP contribution in [-0.2, 0) is 14.3 Å². The van der Waals surface area contributed by atoms with Crippen molar-refractivity contribution in [2.24, 2.45) is 5.41 Å². The number of carboxylic acid groups (broad SMARTS) is 1. The Morgan fingerprint density at radius 1 is 1.45 bits per heavy atom. The van der Waals surface area contributed by atoms with Gasteiger partial charge < -0.3 is 14.7 Å². The highest BCUT2D eigenvalue weighted by atomic mass is 19.3. The Morgan fingerprint density at radius 2 is 2.15 bits per heavy atom. The number of carbonyl (C=O) groups excluding carboxylic acids is 1. The van der Waals surface area contributed by atoms with Crippen LogP contribution in [-0.4, -0.2) is 54.6 Å². The molecule has 5 nitrogen and oxygen atoms in total. The highest BCUT2D eigenvalue weighted by Gasteiger charge is 2.41. The summed E-state index contributed by atoms with van der Waals surface area (Å²) in [4.78, 5) is 24.8. The van der Waals surface area contributed by atoms with Gasteiger partial charge in [0.05, 0.1) is 18.4 Å². The second-order valence-corrected chi connectivity index (χ2v) is 5.07. The lowest BCUT2D eigenvalue weighted by atomic mass is 9.77. The number of carboxylic acids is 1. The summed E-state index contributed by atoms with van der Waals surface area (Å²) in [5, 5.41) is 9.32. The molecule has 1 unspecified atom stereocenters. The van der Waals surface area contributed by atoms with Gasteiger partial charge in [0.15, 0.2) is 0 Å². The second kappa shape index (κ2) is 7.52. The molecule has 1 amide bonds. The van der Waals surface area contributed by atoms with Gasteiger partial charge in [0.2, 0.25) is 5.91 Å². The number of likely N-dealkylation sites (tertiary alicyclic amines) is 1. The average molecular weight is 293 g/mol. The molecule has 1 heterocycles. The molecule has 116 valence electrons. The molecule has 0 aromatic carbocycles. The van der Waals surface area contributed by atoms with E-state index < -0.39 is 24.4 Å². The van der Waals surface area contributed by atoms with E-state index in [1.165, 1.54) is 4.90 Å². The van der Waals surface area contributed by atoms with Crippen molar-refractivity contribution in [2.75, 3.05) is 26.3 Å². The maximum atomic E-state index is 11.9. The number of rotatable bonds is 7. The lowest BCUT2D eigenvalue weighted by Gasteiger charge is -2.39. The molecule has 0 saturated carbocycles. The summed E-state index contributed by atoms with van der Waals surface area (Å²) in [5.74, 6) is -1.12. The first-order valence-corrected chi connectivity index (χ1v) is 6.78. The van der Waals surface area contributed by atoms with Crippen LogP contribution < -0.4 is 0 Å². The van der Waals surface area contributed by atoms with Crippen LogP contribution >= 0.6 is 0 Å². The van der Waals surface area contributed by atoms with Gasteiger partial charge in [0.25, 0.3) is 6.43 Å². The predicted octanol–water partition coefficient (Wildman–Crippen LogP) is 1.76. The van der Waals surface area contributed by atoms with Crippen molar-refractivity contribution in [1.82, 2.24) is 4.90 Å². The van der Waals surface area contributed by atoms with Gasteiger partial charge >= 0.3 is 5.97 Å². The Bertz CT molecular complexity index is 351. The van der Waals surface area contributed by atoms with E-state index in [-0.39, 0.29) is 25.5 Å². The van der Waals surface area contributed by atoms with Crippen molar-refractivity contribution < 1.29 is 28.2 Å². The molecule has 1 aliphatic heterocycles. The fraction of sp³-hybridized carbons (Fsp3) is 0.846. The Balaban J connectivity index is 2.46. The molecular formula is C13H21F2NO4. The van der Waals surface area contributed by atoms with Crippen molar-refractivity contribution in [2.45, 2.75) is 39.0 Å². The average Bonchev–Trinajstić information content (AvgIpc) is 2.42. The smallest absolute Gasteiger partial charge is 0.311 e. The third-order valence-corrected chi connectivity index (χ3v) is 3.76. The molecule has 0 aromatic rings. The number of halogens is 2. The van der Waals surface area contributed by atoms with Crippen LogP contribution in [0.25, 0.3) is 0 Å². The third-order valence-electron chi connectivity index (χ3n) is 3.76. The Labute approximate surface area is 116 Å². The molecule has 0 aliphatic carbocycles. The maximum absolute atomic E-state index is 11.9. The van der Waals surface area contributed by atoms with Gasteiger partial charge in [0.1, 0.15) is 6.61 Å². The van der Waals surface area contributed by atoms with Crippen molar-refractivity contribution in [3.05, 3.63) is 0 Å². The number of alkyl halides is 2. The van der Waals surface area contributed by atoms with Crippen LogP contribution in [0, 0.1) is 5.41 Å². The number of carbonyl (C=O) groups is 2. The monoisotopic (exact) mass is 293 g/mol. The zero-order valence-electron chi connectivity index (χ0n) is 11.6. The Hall–Kier alpha value is -1.24. The molecule has 1 rings (SSSR count). The molecule has 1 atom stereocenters. The summed E-state index contributed by atoms with van der Waals surface area (Å²) in [6.07, 6.45) is -0.867. The maximum Gasteiger partial charge on any atom is 0.311 e. The summed E-state index contributed by atoms with van der Waals surface area (Å²) < 4.78 is 28.4. The third kappa shape index (κ3) is 4.40. The van der Waals surface area contributed by atoms with E-state index in [1.807, 2.05) is 0 Å². The predicted molar refractivity (Wildman–Crippen MR) is 67.6 cm³/mol. The quantitative estimate of drug-likeness (QED) is 0.726. The summed E-state index contributed by atoms with van der Waals surface area (Å²) in [5.41, 5.74) is -0.877. The normalized spacial score (nSPS) is 23.1. The molecule has 1 fully saturated rings. The minimum Gasteiger partial charge on any atom is -0.481 e. The number of hydrogen-bond acceptors (Lipinski definition) is 3. The first kappa shape index (κ1) is 16.8.